The van der Waals surface area contributed by atoms with Gasteiger partial charge >= 0.3 is 6.09 Å². The normalized spacial score (nSPS) is 17.2. The number of nitrogens with one attached hydrogen (secondary N) is 1. The molecule has 4 heterocycles. The van der Waals surface area contributed by atoms with Crippen LogP contribution >= 0.6 is 0 Å². The molecule has 10 heteroatoms. The average molecular weight is 468 g/mol. The monoisotopic (exact) mass is 467 g/mol. The third kappa shape index (κ3) is 3.84. The number of carbonyl (C=O) groups is 1. The molecule has 0 saturated carbocycles. The lowest BCUT2D eigenvalue weighted by Crippen LogP contribution is -2.35. The molecule has 172 valence electrons. The van der Waals surface area contributed by atoms with Crippen molar-refractivity contribution in [2.45, 2.75) is 43.6 Å². The topological polar surface area (TPSA) is 110 Å². The molecule has 0 spiro atoms. The van der Waals surface area contributed by atoms with Crippen molar-refractivity contribution < 1.29 is 17.9 Å². The van der Waals surface area contributed by atoms with Gasteiger partial charge in [0.15, 0.2) is 5.65 Å². The van der Waals surface area contributed by atoms with Crippen LogP contribution in [0.25, 0.3) is 22.1 Å². The first-order valence-electron chi connectivity index (χ1n) is 10.8. The predicted molar refractivity (Wildman–Crippen MR) is 124 cm³/mol. The molecule has 3 aromatic heterocycles. The van der Waals surface area contributed by atoms with Gasteiger partial charge in [0, 0.05) is 30.6 Å². The summed E-state index contributed by atoms with van der Waals surface area (Å²) in [6, 6.07) is 9.98. The fraction of sp³-hybridized carbons (Fsp3) is 0.348. The maximum atomic E-state index is 13.1. The minimum Gasteiger partial charge on any atom is -0.444 e. The van der Waals surface area contributed by atoms with Crippen LogP contribution in [0.1, 0.15) is 38.9 Å². The summed E-state index contributed by atoms with van der Waals surface area (Å²) < 4.78 is 32.9. The number of rotatable bonds is 3. The summed E-state index contributed by atoms with van der Waals surface area (Å²) in [5.74, 6) is 0.791. The van der Waals surface area contributed by atoms with E-state index in [1.807, 2.05) is 20.8 Å². The van der Waals surface area contributed by atoms with E-state index in [9.17, 15) is 13.2 Å². The quantitative estimate of drug-likeness (QED) is 0.490. The van der Waals surface area contributed by atoms with Gasteiger partial charge in [0.1, 0.15) is 16.9 Å². The van der Waals surface area contributed by atoms with Crippen molar-refractivity contribution in [1.82, 2.24) is 23.8 Å². The lowest BCUT2D eigenvalue weighted by Gasteiger charge is -2.24. The molecule has 9 nitrogen and oxygen atoms in total. The van der Waals surface area contributed by atoms with Gasteiger partial charge in [0.2, 0.25) is 0 Å². The van der Waals surface area contributed by atoms with E-state index in [0.29, 0.717) is 29.6 Å². The lowest BCUT2D eigenvalue weighted by molar-refractivity contribution is 0.0292. The standard InChI is InChI=1S/C23H25N5O4S/c1-23(2,3)32-22(29)27-11-9-15(14-27)20-25-18-13-24-21-17(19(18)26-20)10-12-28(21)33(30,31)16-7-5-4-6-8-16/h4-8,10,12-13,15H,9,11,14H2,1-3H3,(H,25,26). The molecule has 1 aliphatic heterocycles. The minimum atomic E-state index is -3.77. The number of pyridine rings is 1. The smallest absolute Gasteiger partial charge is 0.410 e. The maximum absolute atomic E-state index is 13.1. The molecule has 1 aromatic carbocycles. The fourth-order valence-corrected chi connectivity index (χ4v) is 5.44. The zero-order chi connectivity index (χ0) is 23.4. The Hall–Kier alpha value is -3.40. The lowest BCUT2D eigenvalue weighted by atomic mass is 10.1. The maximum Gasteiger partial charge on any atom is 0.410 e. The number of amides is 1. The van der Waals surface area contributed by atoms with Crippen LogP contribution in [0.3, 0.4) is 0 Å². The average Bonchev–Trinajstić information content (AvgIpc) is 3.49. The number of hydrogen-bond donors (Lipinski definition) is 1. The Balaban J connectivity index is 1.46. The number of H-pyrrole nitrogens is 1. The van der Waals surface area contributed by atoms with Gasteiger partial charge in [-0.15, -0.1) is 0 Å². The van der Waals surface area contributed by atoms with Gasteiger partial charge in [-0.2, -0.15) is 0 Å². The van der Waals surface area contributed by atoms with Crippen LogP contribution in [0.15, 0.2) is 53.7 Å². The molecule has 5 rings (SSSR count). The fourth-order valence-electron chi connectivity index (χ4n) is 4.12. The molecular weight excluding hydrogens is 442 g/mol. The van der Waals surface area contributed by atoms with Crippen molar-refractivity contribution in [3.05, 3.63) is 54.6 Å². The number of benzene rings is 1. The molecule has 1 N–H and O–H groups in total. The van der Waals surface area contributed by atoms with E-state index in [4.69, 9.17) is 9.72 Å². The van der Waals surface area contributed by atoms with E-state index in [0.717, 1.165) is 17.8 Å². The predicted octanol–water partition coefficient (Wildman–Crippen LogP) is 3.87. The van der Waals surface area contributed by atoms with Gasteiger partial charge < -0.3 is 14.6 Å². The third-order valence-corrected chi connectivity index (χ3v) is 7.35. The van der Waals surface area contributed by atoms with Crippen molar-refractivity contribution in [3.8, 4) is 0 Å². The third-order valence-electron chi connectivity index (χ3n) is 5.67. The van der Waals surface area contributed by atoms with Crippen molar-refractivity contribution in [2.75, 3.05) is 13.1 Å². The molecule has 1 unspecified atom stereocenters. The van der Waals surface area contributed by atoms with Crippen LogP contribution in [-0.4, -0.2) is 57.0 Å². The van der Waals surface area contributed by atoms with Gasteiger partial charge in [0.05, 0.1) is 16.6 Å². The number of ether oxygens (including phenoxy) is 1. The first-order chi connectivity index (χ1) is 15.6. The number of hydrogen-bond acceptors (Lipinski definition) is 6. The molecule has 1 saturated heterocycles. The first-order valence-corrected chi connectivity index (χ1v) is 12.2. The van der Waals surface area contributed by atoms with Crippen LogP contribution in [-0.2, 0) is 14.8 Å². The van der Waals surface area contributed by atoms with Gasteiger partial charge in [0.25, 0.3) is 10.0 Å². The van der Waals surface area contributed by atoms with Crippen molar-refractivity contribution in [3.63, 3.8) is 0 Å². The number of aromatic nitrogens is 4. The van der Waals surface area contributed by atoms with E-state index >= 15 is 0 Å². The Labute approximate surface area is 191 Å². The highest BCUT2D eigenvalue weighted by atomic mass is 32.2. The number of imidazole rings is 1. The van der Waals surface area contributed by atoms with E-state index in [1.54, 1.807) is 47.5 Å². The van der Waals surface area contributed by atoms with E-state index in [2.05, 4.69) is 9.97 Å². The summed E-state index contributed by atoms with van der Waals surface area (Å²) in [4.78, 5) is 26.8. The molecule has 33 heavy (non-hydrogen) atoms. The summed E-state index contributed by atoms with van der Waals surface area (Å²) in [5.41, 5.74) is 1.17. The van der Waals surface area contributed by atoms with Gasteiger partial charge in [-0.3, -0.25) is 0 Å². The summed E-state index contributed by atoms with van der Waals surface area (Å²) in [6.07, 6.45) is 3.55. The molecule has 1 atom stereocenters. The SMILES string of the molecule is CC(C)(C)OC(=O)N1CCC(c2nc3c(cnc4c3ccn4S(=O)(=O)c3ccccc3)[nH]2)C1. The molecule has 0 aliphatic carbocycles. The second-order valence-corrected chi connectivity index (χ2v) is 11.0. The van der Waals surface area contributed by atoms with Crippen LogP contribution in [0.5, 0.6) is 0 Å². The summed E-state index contributed by atoms with van der Waals surface area (Å²) in [6.45, 7) is 6.64. The van der Waals surface area contributed by atoms with Gasteiger partial charge in [-0.05, 0) is 45.4 Å². The highest BCUT2D eigenvalue weighted by molar-refractivity contribution is 7.90. The van der Waals surface area contributed by atoms with Crippen LogP contribution in [0.2, 0.25) is 0 Å². The van der Waals surface area contributed by atoms with E-state index in [1.165, 1.54) is 10.2 Å². The Morgan fingerprint density at radius 1 is 1.18 bits per heavy atom. The van der Waals surface area contributed by atoms with Crippen molar-refractivity contribution >= 4 is 38.2 Å². The molecule has 0 radical (unpaired) electrons. The Morgan fingerprint density at radius 3 is 2.67 bits per heavy atom. The van der Waals surface area contributed by atoms with Gasteiger partial charge in [-0.1, -0.05) is 18.2 Å². The molecule has 4 aromatic rings. The molecule has 1 aliphatic rings. The molecule has 1 fully saturated rings. The van der Waals surface area contributed by atoms with E-state index in [-0.39, 0.29) is 16.9 Å². The Kier molecular flexibility index (Phi) is 4.93. The number of aromatic amines is 1. The zero-order valence-electron chi connectivity index (χ0n) is 18.6. The molecule has 0 bridgehead atoms. The largest absolute Gasteiger partial charge is 0.444 e. The van der Waals surface area contributed by atoms with Crippen LogP contribution in [0, 0.1) is 0 Å². The Morgan fingerprint density at radius 2 is 1.94 bits per heavy atom. The summed E-state index contributed by atoms with van der Waals surface area (Å²) >= 11 is 0. The van der Waals surface area contributed by atoms with Gasteiger partial charge in [-0.25, -0.2) is 27.2 Å². The molecule has 1 amide bonds. The van der Waals surface area contributed by atoms with Crippen LogP contribution in [0.4, 0.5) is 4.79 Å². The zero-order valence-corrected chi connectivity index (χ0v) is 19.5. The van der Waals surface area contributed by atoms with Crippen molar-refractivity contribution in [1.29, 1.82) is 0 Å². The first kappa shape index (κ1) is 21.4. The highest BCUT2D eigenvalue weighted by Crippen LogP contribution is 2.31. The second-order valence-electron chi connectivity index (χ2n) is 9.22. The molecular formula is C23H25N5O4S. The second kappa shape index (κ2) is 7.58. The Bertz CT molecular complexity index is 1450. The number of carbonyl (C=O) groups excluding carboxylic acids is 1. The number of likely N-dealkylation sites (tertiary alicyclic amines) is 1. The summed E-state index contributed by atoms with van der Waals surface area (Å²) in [5, 5.41) is 0.650. The number of nitrogens with zero attached hydrogens (tertiary/aromatic N) is 4. The summed E-state index contributed by atoms with van der Waals surface area (Å²) in [7, 11) is -3.77. The minimum absolute atomic E-state index is 0.0371. The number of fused-ring (bicyclic) bond motifs is 3. The van der Waals surface area contributed by atoms with Crippen molar-refractivity contribution in [2.24, 2.45) is 0 Å². The highest BCUT2D eigenvalue weighted by Gasteiger charge is 2.32. The van der Waals surface area contributed by atoms with E-state index < -0.39 is 15.6 Å². The van der Waals surface area contributed by atoms with Crippen LogP contribution < -0.4 is 0 Å².